The summed E-state index contributed by atoms with van der Waals surface area (Å²) in [7, 11) is -4.14. The lowest BCUT2D eigenvalue weighted by molar-refractivity contribution is -0.139. The van der Waals surface area contributed by atoms with Crippen LogP contribution in [0, 0.1) is 13.8 Å². The molecule has 0 bridgehead atoms. The van der Waals surface area contributed by atoms with Crippen LogP contribution in [0.2, 0.25) is 10.0 Å². The smallest absolute Gasteiger partial charge is 0.264 e. The first-order chi connectivity index (χ1) is 18.8. The van der Waals surface area contributed by atoms with Crippen LogP contribution in [-0.2, 0) is 26.2 Å². The molecule has 10 heteroatoms. The quantitative estimate of drug-likeness (QED) is 0.285. The molecule has 7 nitrogen and oxygen atoms in total. The van der Waals surface area contributed by atoms with Crippen LogP contribution in [0.3, 0.4) is 0 Å². The number of sulfonamides is 1. The largest absolute Gasteiger partial charge is 0.352 e. The van der Waals surface area contributed by atoms with Crippen LogP contribution in [0.4, 0.5) is 5.69 Å². The van der Waals surface area contributed by atoms with E-state index in [1.54, 1.807) is 61.5 Å². The van der Waals surface area contributed by atoms with Crippen molar-refractivity contribution in [3.63, 3.8) is 0 Å². The third-order valence-corrected chi connectivity index (χ3v) is 9.26. The number of amides is 2. The highest BCUT2D eigenvalue weighted by Gasteiger charge is 2.33. The number of anilines is 1. The molecular weight excluding hydrogens is 569 g/mol. The normalized spacial score (nSPS) is 12.9. The van der Waals surface area contributed by atoms with Crippen molar-refractivity contribution in [2.75, 3.05) is 10.8 Å². The molecule has 40 heavy (non-hydrogen) atoms. The molecule has 0 aliphatic rings. The van der Waals surface area contributed by atoms with E-state index in [9.17, 15) is 18.0 Å². The van der Waals surface area contributed by atoms with E-state index < -0.39 is 28.5 Å². The number of nitrogens with one attached hydrogen (secondary N) is 1. The van der Waals surface area contributed by atoms with Crippen LogP contribution in [0.15, 0.2) is 71.6 Å². The summed E-state index contributed by atoms with van der Waals surface area (Å²) >= 11 is 12.8. The molecule has 3 rings (SSSR count). The van der Waals surface area contributed by atoms with Crippen molar-refractivity contribution in [2.24, 2.45) is 0 Å². The van der Waals surface area contributed by atoms with Gasteiger partial charge in [0.1, 0.15) is 12.6 Å². The van der Waals surface area contributed by atoms with Gasteiger partial charge in [-0.1, -0.05) is 71.6 Å². The molecule has 3 aromatic rings. The van der Waals surface area contributed by atoms with Crippen molar-refractivity contribution in [1.82, 2.24) is 10.2 Å². The highest BCUT2D eigenvalue weighted by Crippen LogP contribution is 2.28. The zero-order chi connectivity index (χ0) is 29.6. The Bertz CT molecular complexity index is 1420. The van der Waals surface area contributed by atoms with Gasteiger partial charge < -0.3 is 10.2 Å². The van der Waals surface area contributed by atoms with E-state index in [0.717, 1.165) is 15.4 Å². The standard InChI is InChI=1S/C30H35Cl2N3O4S/c1-6-22(4)33-30(37)23(5)34(18-26-27(31)8-7-9-28(26)32)29(36)19-35(24-14-10-20(2)11-15-24)40(38,39)25-16-12-21(3)13-17-25/h7-17,22-23H,6,18-19H2,1-5H3,(H,33,37)/t22-,23-/m1/s1. The van der Waals surface area contributed by atoms with Gasteiger partial charge in [-0.25, -0.2) is 8.42 Å². The Morgan fingerprint density at radius 2 is 1.40 bits per heavy atom. The average Bonchev–Trinajstić information content (AvgIpc) is 2.91. The third kappa shape index (κ3) is 7.56. The summed E-state index contributed by atoms with van der Waals surface area (Å²) in [6.45, 7) is 8.54. The highest BCUT2D eigenvalue weighted by molar-refractivity contribution is 7.92. The molecule has 214 valence electrons. The van der Waals surface area contributed by atoms with Crippen LogP contribution in [-0.4, -0.2) is 43.8 Å². The summed E-state index contributed by atoms with van der Waals surface area (Å²) in [5.74, 6) is -0.951. The molecule has 0 aromatic heterocycles. The number of rotatable bonds is 11. The second-order valence-corrected chi connectivity index (χ2v) is 12.6. The number of benzene rings is 3. The van der Waals surface area contributed by atoms with Crippen LogP contribution in [0.1, 0.15) is 43.9 Å². The fourth-order valence-corrected chi connectivity index (χ4v) is 5.91. The topological polar surface area (TPSA) is 86.8 Å². The predicted octanol–water partition coefficient (Wildman–Crippen LogP) is 6.14. The van der Waals surface area contributed by atoms with Crippen LogP contribution in [0.5, 0.6) is 0 Å². The maximum Gasteiger partial charge on any atom is 0.264 e. The van der Waals surface area contributed by atoms with E-state index in [-0.39, 0.29) is 23.4 Å². The molecule has 1 N–H and O–H groups in total. The van der Waals surface area contributed by atoms with Gasteiger partial charge in [-0.15, -0.1) is 0 Å². The van der Waals surface area contributed by atoms with E-state index in [1.807, 2.05) is 27.7 Å². The first-order valence-electron chi connectivity index (χ1n) is 13.0. The summed E-state index contributed by atoms with van der Waals surface area (Å²) in [4.78, 5) is 28.5. The molecule has 0 heterocycles. The Hall–Kier alpha value is -3.07. The van der Waals surface area contributed by atoms with Gasteiger partial charge in [0, 0.05) is 28.2 Å². The number of hydrogen-bond donors (Lipinski definition) is 1. The van der Waals surface area contributed by atoms with Crippen molar-refractivity contribution >= 4 is 50.7 Å². The average molecular weight is 605 g/mol. The van der Waals surface area contributed by atoms with Crippen LogP contribution in [0.25, 0.3) is 0 Å². The van der Waals surface area contributed by atoms with E-state index in [2.05, 4.69) is 5.32 Å². The van der Waals surface area contributed by atoms with Crippen molar-refractivity contribution in [3.8, 4) is 0 Å². The van der Waals surface area contributed by atoms with Crippen LogP contribution < -0.4 is 9.62 Å². The number of carbonyl (C=O) groups excluding carboxylic acids is 2. The van der Waals surface area contributed by atoms with Gasteiger partial charge in [0.25, 0.3) is 10.0 Å². The minimum Gasteiger partial charge on any atom is -0.352 e. The molecule has 2 atom stereocenters. The first-order valence-corrected chi connectivity index (χ1v) is 15.2. The van der Waals surface area contributed by atoms with Gasteiger partial charge in [-0.05, 0) is 70.5 Å². The number of aryl methyl sites for hydroxylation is 2. The van der Waals surface area contributed by atoms with Crippen molar-refractivity contribution < 1.29 is 18.0 Å². The monoisotopic (exact) mass is 603 g/mol. The van der Waals surface area contributed by atoms with E-state index in [1.165, 1.54) is 17.0 Å². The van der Waals surface area contributed by atoms with Gasteiger partial charge in [-0.3, -0.25) is 13.9 Å². The Morgan fingerprint density at radius 3 is 1.93 bits per heavy atom. The summed E-state index contributed by atoms with van der Waals surface area (Å²) in [6, 6.07) is 17.2. The van der Waals surface area contributed by atoms with Gasteiger partial charge in [0.15, 0.2) is 0 Å². The fourth-order valence-electron chi connectivity index (χ4n) is 3.98. The van der Waals surface area contributed by atoms with Crippen molar-refractivity contribution in [2.45, 2.75) is 64.6 Å². The summed E-state index contributed by atoms with van der Waals surface area (Å²) in [5.41, 5.74) is 2.63. The minimum absolute atomic E-state index is 0.0507. The molecular formula is C30H35Cl2N3O4S. The van der Waals surface area contributed by atoms with Gasteiger partial charge in [-0.2, -0.15) is 0 Å². The lowest BCUT2D eigenvalue weighted by Crippen LogP contribution is -2.52. The van der Waals surface area contributed by atoms with E-state index in [0.29, 0.717) is 27.7 Å². The molecule has 0 radical (unpaired) electrons. The second-order valence-electron chi connectivity index (χ2n) is 9.88. The Morgan fingerprint density at radius 1 is 0.875 bits per heavy atom. The van der Waals surface area contributed by atoms with Crippen molar-refractivity contribution in [1.29, 1.82) is 0 Å². The molecule has 0 aliphatic carbocycles. The molecule has 3 aromatic carbocycles. The molecule has 0 spiro atoms. The molecule has 0 unspecified atom stereocenters. The number of nitrogens with zero attached hydrogens (tertiary/aromatic N) is 2. The second kappa shape index (κ2) is 13.5. The molecule has 0 saturated heterocycles. The Labute approximate surface area is 247 Å². The third-order valence-electron chi connectivity index (χ3n) is 6.77. The molecule has 0 aliphatic heterocycles. The number of carbonyl (C=O) groups is 2. The fraction of sp³-hybridized carbons (Fsp3) is 0.333. The number of halogens is 2. The van der Waals surface area contributed by atoms with Gasteiger partial charge >= 0.3 is 0 Å². The zero-order valence-electron chi connectivity index (χ0n) is 23.3. The van der Waals surface area contributed by atoms with Gasteiger partial charge in [0.2, 0.25) is 11.8 Å². The van der Waals surface area contributed by atoms with Gasteiger partial charge in [0.05, 0.1) is 10.6 Å². The molecule has 2 amide bonds. The summed E-state index contributed by atoms with van der Waals surface area (Å²) in [6.07, 6.45) is 0.707. The maximum absolute atomic E-state index is 14.0. The summed E-state index contributed by atoms with van der Waals surface area (Å²) < 4.78 is 28.8. The first kappa shape index (κ1) is 31.5. The van der Waals surface area contributed by atoms with E-state index in [4.69, 9.17) is 23.2 Å². The zero-order valence-corrected chi connectivity index (χ0v) is 25.6. The molecule has 0 saturated carbocycles. The highest BCUT2D eigenvalue weighted by atomic mass is 35.5. The summed E-state index contributed by atoms with van der Waals surface area (Å²) in [5, 5.41) is 3.57. The van der Waals surface area contributed by atoms with E-state index >= 15 is 0 Å². The maximum atomic E-state index is 14.0. The Kier molecular flexibility index (Phi) is 10.6. The van der Waals surface area contributed by atoms with Crippen molar-refractivity contribution in [3.05, 3.63) is 93.5 Å². The lowest BCUT2D eigenvalue weighted by Gasteiger charge is -2.33. The van der Waals surface area contributed by atoms with Crippen LogP contribution >= 0.6 is 23.2 Å². The minimum atomic E-state index is -4.14. The predicted molar refractivity (Wildman–Crippen MR) is 161 cm³/mol. The lowest BCUT2D eigenvalue weighted by atomic mass is 10.1. The SMILES string of the molecule is CC[C@@H](C)NC(=O)[C@@H](C)N(Cc1c(Cl)cccc1Cl)C(=O)CN(c1ccc(C)cc1)S(=O)(=O)c1ccc(C)cc1. The number of hydrogen-bond acceptors (Lipinski definition) is 4. The molecule has 0 fully saturated rings. The Balaban J connectivity index is 2.06.